The second kappa shape index (κ2) is 10.8. The Morgan fingerprint density at radius 3 is 1.94 bits per heavy atom. The van der Waals surface area contributed by atoms with E-state index in [9.17, 15) is 4.79 Å². The molecule has 1 aromatic heterocycles. The van der Waals surface area contributed by atoms with Gasteiger partial charge >= 0.3 is 0 Å². The summed E-state index contributed by atoms with van der Waals surface area (Å²) in [5, 5.41) is 7.95. The number of aromatic nitrogens is 2. The van der Waals surface area contributed by atoms with Crippen molar-refractivity contribution >= 4 is 28.6 Å². The molecule has 0 atom stereocenters. The summed E-state index contributed by atoms with van der Waals surface area (Å²) in [6, 6.07) is 28.6. The zero-order valence-electron chi connectivity index (χ0n) is 20.9. The summed E-state index contributed by atoms with van der Waals surface area (Å²) in [5.41, 5.74) is 2.97. The van der Waals surface area contributed by atoms with Crippen LogP contribution in [0.4, 0.5) is 11.8 Å². The van der Waals surface area contributed by atoms with E-state index in [-0.39, 0.29) is 23.9 Å². The molecular formula is C30H33N5O. The Morgan fingerprint density at radius 2 is 1.33 bits per heavy atom. The molecule has 0 saturated heterocycles. The molecule has 184 valence electrons. The number of hydrogen-bond donors (Lipinski definition) is 2. The molecule has 36 heavy (non-hydrogen) atoms. The third-order valence-corrected chi connectivity index (χ3v) is 6.94. The van der Waals surface area contributed by atoms with Gasteiger partial charge in [-0.15, -0.1) is 0 Å². The van der Waals surface area contributed by atoms with Crippen LogP contribution < -0.4 is 15.5 Å². The van der Waals surface area contributed by atoms with E-state index in [0.29, 0.717) is 5.95 Å². The maximum absolute atomic E-state index is 13.5. The molecule has 2 N–H and O–H groups in total. The SMILES string of the molecule is CN(C)c1nc(N[C@H]2CC[C@@H](NC(=O)C(c3ccccc3)c3ccccc3)CC2)nc2ccccc12. The molecular weight excluding hydrogens is 446 g/mol. The highest BCUT2D eigenvalue weighted by molar-refractivity contribution is 5.90. The lowest BCUT2D eigenvalue weighted by Crippen LogP contribution is -2.42. The molecule has 1 heterocycles. The van der Waals surface area contributed by atoms with Crippen molar-refractivity contribution in [2.45, 2.75) is 43.7 Å². The van der Waals surface area contributed by atoms with Crippen molar-refractivity contribution in [3.8, 4) is 0 Å². The first-order valence-electron chi connectivity index (χ1n) is 12.7. The molecule has 0 aliphatic heterocycles. The highest BCUT2D eigenvalue weighted by Crippen LogP contribution is 2.28. The number of carbonyl (C=O) groups excluding carboxylic acids is 1. The van der Waals surface area contributed by atoms with E-state index in [4.69, 9.17) is 9.97 Å². The van der Waals surface area contributed by atoms with Crippen molar-refractivity contribution in [2.75, 3.05) is 24.3 Å². The third-order valence-electron chi connectivity index (χ3n) is 6.94. The first kappa shape index (κ1) is 23.8. The van der Waals surface area contributed by atoms with Gasteiger partial charge in [-0.2, -0.15) is 4.98 Å². The van der Waals surface area contributed by atoms with Crippen LogP contribution >= 0.6 is 0 Å². The highest BCUT2D eigenvalue weighted by atomic mass is 16.1. The fraction of sp³-hybridized carbons (Fsp3) is 0.300. The lowest BCUT2D eigenvalue weighted by molar-refractivity contribution is -0.122. The van der Waals surface area contributed by atoms with Gasteiger partial charge in [-0.1, -0.05) is 72.8 Å². The average Bonchev–Trinajstić information content (AvgIpc) is 2.91. The number of para-hydroxylation sites is 1. The summed E-state index contributed by atoms with van der Waals surface area (Å²) < 4.78 is 0. The second-order valence-electron chi connectivity index (χ2n) is 9.74. The van der Waals surface area contributed by atoms with Gasteiger partial charge in [0, 0.05) is 31.6 Å². The van der Waals surface area contributed by atoms with Gasteiger partial charge in [0.25, 0.3) is 0 Å². The Bertz CT molecular complexity index is 1260. The number of rotatable bonds is 7. The summed E-state index contributed by atoms with van der Waals surface area (Å²) in [7, 11) is 4.01. The van der Waals surface area contributed by atoms with Crippen molar-refractivity contribution in [3.63, 3.8) is 0 Å². The van der Waals surface area contributed by atoms with Gasteiger partial charge in [-0.3, -0.25) is 4.79 Å². The minimum atomic E-state index is -0.307. The molecule has 3 aromatic carbocycles. The van der Waals surface area contributed by atoms with E-state index < -0.39 is 0 Å². The van der Waals surface area contributed by atoms with Crippen molar-refractivity contribution < 1.29 is 4.79 Å². The zero-order chi connectivity index (χ0) is 24.9. The van der Waals surface area contributed by atoms with E-state index in [1.54, 1.807) is 0 Å². The van der Waals surface area contributed by atoms with E-state index in [1.807, 2.05) is 97.9 Å². The van der Waals surface area contributed by atoms with Crippen molar-refractivity contribution in [2.24, 2.45) is 0 Å². The number of nitrogens with one attached hydrogen (secondary N) is 2. The maximum atomic E-state index is 13.5. The quantitative estimate of drug-likeness (QED) is 0.373. The number of fused-ring (bicyclic) bond motifs is 1. The van der Waals surface area contributed by atoms with E-state index in [0.717, 1.165) is 53.5 Å². The molecule has 0 radical (unpaired) electrons. The molecule has 1 amide bonds. The summed E-state index contributed by atoms with van der Waals surface area (Å²) in [6.07, 6.45) is 3.77. The average molecular weight is 480 g/mol. The molecule has 1 saturated carbocycles. The Balaban J connectivity index is 1.24. The maximum Gasteiger partial charge on any atom is 0.232 e. The van der Waals surface area contributed by atoms with Crippen molar-refractivity contribution in [1.82, 2.24) is 15.3 Å². The molecule has 6 heteroatoms. The summed E-state index contributed by atoms with van der Waals surface area (Å²) in [6.45, 7) is 0. The topological polar surface area (TPSA) is 70.2 Å². The largest absolute Gasteiger partial charge is 0.362 e. The number of nitrogens with zero attached hydrogens (tertiary/aromatic N) is 3. The van der Waals surface area contributed by atoms with Crippen LogP contribution in [-0.4, -0.2) is 42.1 Å². The molecule has 0 spiro atoms. The fourth-order valence-corrected chi connectivity index (χ4v) is 5.10. The van der Waals surface area contributed by atoms with E-state index in [1.165, 1.54) is 0 Å². The van der Waals surface area contributed by atoms with Gasteiger partial charge < -0.3 is 15.5 Å². The zero-order valence-corrected chi connectivity index (χ0v) is 20.9. The Kier molecular flexibility index (Phi) is 7.12. The van der Waals surface area contributed by atoms with Gasteiger partial charge in [0.1, 0.15) is 5.82 Å². The lowest BCUT2D eigenvalue weighted by Gasteiger charge is -2.31. The molecule has 0 bridgehead atoms. The van der Waals surface area contributed by atoms with Crippen LogP contribution in [0.2, 0.25) is 0 Å². The van der Waals surface area contributed by atoms with E-state index >= 15 is 0 Å². The molecule has 1 aliphatic rings. The van der Waals surface area contributed by atoms with Crippen LogP contribution in [0.25, 0.3) is 10.9 Å². The van der Waals surface area contributed by atoms with E-state index in [2.05, 4.69) is 16.7 Å². The molecule has 6 nitrogen and oxygen atoms in total. The predicted octanol–water partition coefficient (Wildman–Crippen LogP) is 5.37. The molecule has 0 unspecified atom stereocenters. The predicted molar refractivity (Wildman–Crippen MR) is 146 cm³/mol. The summed E-state index contributed by atoms with van der Waals surface area (Å²) in [5.74, 6) is 1.34. The van der Waals surface area contributed by atoms with Gasteiger partial charge in [0.2, 0.25) is 11.9 Å². The minimum Gasteiger partial charge on any atom is -0.362 e. The Hall–Kier alpha value is -3.93. The molecule has 4 aromatic rings. The lowest BCUT2D eigenvalue weighted by atomic mass is 9.88. The third kappa shape index (κ3) is 5.33. The summed E-state index contributed by atoms with van der Waals surface area (Å²) >= 11 is 0. The second-order valence-corrected chi connectivity index (χ2v) is 9.74. The van der Waals surface area contributed by atoms with Crippen LogP contribution in [0.3, 0.4) is 0 Å². The van der Waals surface area contributed by atoms with Crippen LogP contribution in [0.15, 0.2) is 84.9 Å². The number of carbonyl (C=O) groups is 1. The molecule has 1 fully saturated rings. The first-order valence-corrected chi connectivity index (χ1v) is 12.7. The highest BCUT2D eigenvalue weighted by Gasteiger charge is 2.28. The van der Waals surface area contributed by atoms with Crippen molar-refractivity contribution in [1.29, 1.82) is 0 Å². The molecule has 5 rings (SSSR count). The number of hydrogen-bond acceptors (Lipinski definition) is 5. The van der Waals surface area contributed by atoms with Crippen LogP contribution in [-0.2, 0) is 4.79 Å². The minimum absolute atomic E-state index is 0.0669. The monoisotopic (exact) mass is 479 g/mol. The number of anilines is 2. The van der Waals surface area contributed by atoms with Crippen molar-refractivity contribution in [3.05, 3.63) is 96.1 Å². The van der Waals surface area contributed by atoms with Gasteiger partial charge in [-0.25, -0.2) is 4.98 Å². The standard InChI is InChI=1S/C30H33N5O/c1-35(2)28-25-15-9-10-16-26(25)33-30(34-28)32-24-19-17-23(18-20-24)31-29(36)27(21-11-5-3-6-12-21)22-13-7-4-8-14-22/h3-16,23-24,27H,17-20H2,1-2H3,(H,31,36)(H,32,33,34)/t23-,24+. The normalized spacial score (nSPS) is 17.6. The van der Waals surface area contributed by atoms with Crippen LogP contribution in [0, 0.1) is 0 Å². The smallest absolute Gasteiger partial charge is 0.232 e. The summed E-state index contributed by atoms with van der Waals surface area (Å²) in [4.78, 5) is 25.0. The van der Waals surface area contributed by atoms with Crippen LogP contribution in [0.1, 0.15) is 42.7 Å². The van der Waals surface area contributed by atoms with Gasteiger partial charge in [-0.05, 0) is 48.9 Å². The van der Waals surface area contributed by atoms with Gasteiger partial charge in [0.05, 0.1) is 11.4 Å². The number of benzene rings is 3. The first-order chi connectivity index (χ1) is 17.6. The Morgan fingerprint density at radius 1 is 0.778 bits per heavy atom. The van der Waals surface area contributed by atoms with Gasteiger partial charge in [0.15, 0.2) is 0 Å². The number of amides is 1. The fourth-order valence-electron chi connectivity index (χ4n) is 5.10. The molecule has 1 aliphatic carbocycles. The Labute approximate surface area is 212 Å². The van der Waals surface area contributed by atoms with Crippen LogP contribution in [0.5, 0.6) is 0 Å².